The molecule has 1 aromatic carbocycles. The highest BCUT2D eigenvalue weighted by molar-refractivity contribution is 5.88. The van der Waals surface area contributed by atoms with Gasteiger partial charge in [0.15, 0.2) is 0 Å². The summed E-state index contributed by atoms with van der Waals surface area (Å²) < 4.78 is 4.61. The van der Waals surface area contributed by atoms with Crippen molar-refractivity contribution < 1.29 is 14.5 Å². The first kappa shape index (κ1) is 13.2. The van der Waals surface area contributed by atoms with Gasteiger partial charge in [-0.05, 0) is 19.1 Å². The Balaban J connectivity index is 3.02. The van der Waals surface area contributed by atoms with Gasteiger partial charge in [-0.1, -0.05) is 6.58 Å². The van der Waals surface area contributed by atoms with E-state index < -0.39 is 11.0 Å². The first-order chi connectivity index (χ1) is 8.43. The van der Waals surface area contributed by atoms with Gasteiger partial charge in [-0.2, -0.15) is 5.26 Å². The Morgan fingerprint density at radius 3 is 2.78 bits per heavy atom. The molecule has 0 bridgehead atoms. The molecule has 0 aliphatic carbocycles. The van der Waals surface area contributed by atoms with Crippen LogP contribution in [0.1, 0.15) is 12.5 Å². The molecule has 0 atom stereocenters. The lowest BCUT2D eigenvalue weighted by molar-refractivity contribution is -0.383. The zero-order chi connectivity index (χ0) is 13.7. The van der Waals surface area contributed by atoms with Gasteiger partial charge in [0.05, 0.1) is 22.3 Å². The molecule has 7 heteroatoms. The van der Waals surface area contributed by atoms with Crippen molar-refractivity contribution in [1.29, 1.82) is 5.26 Å². The maximum atomic E-state index is 11.3. The summed E-state index contributed by atoms with van der Waals surface area (Å²) in [6, 6.07) is 5.45. The van der Waals surface area contributed by atoms with E-state index in [2.05, 4.69) is 16.6 Å². The van der Waals surface area contributed by atoms with Crippen LogP contribution in [0.5, 0.6) is 0 Å². The number of carbonyl (C=O) groups excluding carboxylic acids is 1. The summed E-state index contributed by atoms with van der Waals surface area (Å²) in [5.74, 6) is 0.156. The third-order valence-corrected chi connectivity index (χ3v) is 1.83. The Bertz CT molecular complexity index is 560. The summed E-state index contributed by atoms with van der Waals surface area (Å²) in [7, 11) is 0. The van der Waals surface area contributed by atoms with Crippen LogP contribution in [-0.2, 0) is 4.74 Å². The Morgan fingerprint density at radius 1 is 1.61 bits per heavy atom. The van der Waals surface area contributed by atoms with Crippen LogP contribution in [0.4, 0.5) is 16.2 Å². The highest BCUT2D eigenvalue weighted by atomic mass is 16.6. The molecule has 0 radical (unpaired) electrons. The predicted octanol–water partition coefficient (Wildman–Crippen LogP) is 2.55. The molecule has 0 saturated carbocycles. The lowest BCUT2D eigenvalue weighted by atomic mass is 10.2. The molecule has 1 rings (SSSR count). The average Bonchev–Trinajstić information content (AvgIpc) is 2.28. The monoisotopic (exact) mass is 247 g/mol. The lowest BCUT2D eigenvalue weighted by Crippen LogP contribution is -2.13. The number of hydrogen-bond donors (Lipinski definition) is 1. The summed E-state index contributed by atoms with van der Waals surface area (Å²) >= 11 is 0. The van der Waals surface area contributed by atoms with E-state index in [1.165, 1.54) is 19.1 Å². The molecule has 1 aromatic rings. The molecule has 0 aliphatic heterocycles. The molecule has 0 heterocycles. The maximum Gasteiger partial charge on any atom is 0.416 e. The van der Waals surface area contributed by atoms with Crippen LogP contribution >= 0.6 is 0 Å². The summed E-state index contributed by atoms with van der Waals surface area (Å²) in [5, 5.41) is 21.6. The number of hydrogen-bond acceptors (Lipinski definition) is 5. The second-order valence-electron chi connectivity index (χ2n) is 3.32. The van der Waals surface area contributed by atoms with Crippen LogP contribution in [0.2, 0.25) is 0 Å². The largest absolute Gasteiger partial charge is 0.416 e. The summed E-state index contributed by atoms with van der Waals surface area (Å²) in [6.07, 6.45) is -0.879. The van der Waals surface area contributed by atoms with E-state index in [0.717, 1.165) is 6.07 Å². The van der Waals surface area contributed by atoms with Crippen LogP contribution in [0.15, 0.2) is 30.5 Å². The number of nitriles is 1. The average molecular weight is 247 g/mol. The second kappa shape index (κ2) is 5.45. The predicted molar refractivity (Wildman–Crippen MR) is 62.7 cm³/mol. The molecule has 7 nitrogen and oxygen atoms in total. The molecular weight excluding hydrogens is 238 g/mol. The van der Waals surface area contributed by atoms with Gasteiger partial charge in [-0.15, -0.1) is 0 Å². The van der Waals surface area contributed by atoms with Crippen LogP contribution in [0, 0.1) is 21.4 Å². The second-order valence-corrected chi connectivity index (χ2v) is 3.32. The van der Waals surface area contributed by atoms with Crippen LogP contribution < -0.4 is 5.32 Å². The number of nitro benzene ring substituents is 1. The Hall–Kier alpha value is -2.88. The highest BCUT2D eigenvalue weighted by Crippen LogP contribution is 2.25. The molecule has 92 valence electrons. The lowest BCUT2D eigenvalue weighted by Gasteiger charge is -2.06. The van der Waals surface area contributed by atoms with Gasteiger partial charge in [0, 0.05) is 6.07 Å². The Morgan fingerprint density at radius 2 is 2.28 bits per heavy atom. The van der Waals surface area contributed by atoms with Crippen molar-refractivity contribution in [2.45, 2.75) is 6.92 Å². The maximum absolute atomic E-state index is 11.3. The fraction of sp³-hybridized carbons (Fsp3) is 0.0909. The van der Waals surface area contributed by atoms with Crippen molar-refractivity contribution in [1.82, 2.24) is 0 Å². The first-order valence-corrected chi connectivity index (χ1v) is 4.77. The molecule has 0 aromatic heterocycles. The van der Waals surface area contributed by atoms with E-state index in [1.54, 1.807) is 6.07 Å². The molecule has 18 heavy (non-hydrogen) atoms. The van der Waals surface area contributed by atoms with Crippen LogP contribution in [-0.4, -0.2) is 11.0 Å². The van der Waals surface area contributed by atoms with Gasteiger partial charge >= 0.3 is 6.09 Å². The number of benzene rings is 1. The van der Waals surface area contributed by atoms with Gasteiger partial charge < -0.3 is 4.74 Å². The Kier molecular flexibility index (Phi) is 3.99. The fourth-order valence-electron chi connectivity index (χ4n) is 1.15. The van der Waals surface area contributed by atoms with E-state index >= 15 is 0 Å². The molecule has 1 N–H and O–H groups in total. The molecule has 0 aliphatic rings. The molecule has 1 amide bonds. The Labute approximate surface area is 102 Å². The van der Waals surface area contributed by atoms with Crippen molar-refractivity contribution in [3.05, 3.63) is 46.2 Å². The fourth-order valence-corrected chi connectivity index (χ4v) is 1.15. The number of nitro groups is 1. The molecular formula is C11H9N3O4. The van der Waals surface area contributed by atoms with Crippen molar-refractivity contribution in [2.75, 3.05) is 5.32 Å². The van der Waals surface area contributed by atoms with Crippen molar-refractivity contribution >= 4 is 17.5 Å². The summed E-state index contributed by atoms with van der Waals surface area (Å²) in [5.41, 5.74) is -0.307. The van der Waals surface area contributed by atoms with E-state index in [1.807, 2.05) is 0 Å². The van der Waals surface area contributed by atoms with Gasteiger partial charge in [0.25, 0.3) is 5.69 Å². The highest BCUT2D eigenvalue weighted by Gasteiger charge is 2.17. The molecule has 0 saturated heterocycles. The minimum atomic E-state index is -0.879. The number of anilines is 1. The van der Waals surface area contributed by atoms with E-state index in [-0.39, 0.29) is 22.7 Å². The number of nitrogens with one attached hydrogen (secondary N) is 1. The zero-order valence-corrected chi connectivity index (χ0v) is 9.47. The van der Waals surface area contributed by atoms with E-state index in [0.29, 0.717) is 0 Å². The summed E-state index contributed by atoms with van der Waals surface area (Å²) in [6.45, 7) is 4.83. The molecule has 0 spiro atoms. The van der Waals surface area contributed by atoms with Gasteiger partial charge in [0.1, 0.15) is 5.69 Å². The number of allylic oxidation sites excluding steroid dienone is 1. The van der Waals surface area contributed by atoms with Crippen molar-refractivity contribution in [3.8, 4) is 6.07 Å². The third-order valence-electron chi connectivity index (χ3n) is 1.83. The number of amides is 1. The minimum Gasteiger partial charge on any atom is -0.416 e. The zero-order valence-electron chi connectivity index (χ0n) is 9.47. The van der Waals surface area contributed by atoms with Gasteiger partial charge in [0.2, 0.25) is 0 Å². The van der Waals surface area contributed by atoms with Gasteiger partial charge in [-0.25, -0.2) is 4.79 Å². The molecule has 0 unspecified atom stereocenters. The van der Waals surface area contributed by atoms with Crippen molar-refractivity contribution in [3.63, 3.8) is 0 Å². The number of ether oxygens (including phenoxy) is 1. The number of rotatable bonds is 3. The quantitative estimate of drug-likeness (QED) is 0.502. The summed E-state index contributed by atoms with van der Waals surface area (Å²) in [4.78, 5) is 21.4. The van der Waals surface area contributed by atoms with E-state index in [4.69, 9.17) is 5.26 Å². The third kappa shape index (κ3) is 3.31. The normalized spacial score (nSPS) is 9.11. The number of nitrogens with zero attached hydrogens (tertiary/aromatic N) is 2. The van der Waals surface area contributed by atoms with E-state index in [9.17, 15) is 14.9 Å². The topological polar surface area (TPSA) is 105 Å². The van der Waals surface area contributed by atoms with Crippen LogP contribution in [0.3, 0.4) is 0 Å². The standard InChI is InChI=1S/C11H9N3O4/c1-7(2)18-11(15)13-9-4-3-8(6-12)5-10(9)14(16)17/h3-5H,1H2,2H3,(H,13,15). The first-order valence-electron chi connectivity index (χ1n) is 4.77. The minimum absolute atomic E-state index is 0.0507. The SMILES string of the molecule is C=C(C)OC(=O)Nc1ccc(C#N)cc1[N+](=O)[O-]. The molecule has 0 fully saturated rings. The van der Waals surface area contributed by atoms with Crippen molar-refractivity contribution in [2.24, 2.45) is 0 Å². The smallest absolute Gasteiger partial charge is 0.416 e. The number of carbonyl (C=O) groups is 1. The van der Waals surface area contributed by atoms with Gasteiger partial charge in [-0.3, -0.25) is 15.4 Å². The van der Waals surface area contributed by atoms with Crippen LogP contribution in [0.25, 0.3) is 0 Å².